The number of thiophene rings is 1. The van der Waals surface area contributed by atoms with Gasteiger partial charge < -0.3 is 21.3 Å². The SMILES string of the molecule is Cc1cccc(NC(=O)C2CCCN(CCC(=O)Nc3sccc3C(N)=O)C2)n1. The molecule has 1 aliphatic rings. The quantitative estimate of drug-likeness (QED) is 0.641. The van der Waals surface area contributed by atoms with Gasteiger partial charge in [0.05, 0.1) is 11.5 Å². The van der Waals surface area contributed by atoms with Gasteiger partial charge in [-0.2, -0.15) is 0 Å². The monoisotopic (exact) mass is 415 g/mol. The fourth-order valence-corrected chi connectivity index (χ4v) is 4.17. The van der Waals surface area contributed by atoms with E-state index in [0.29, 0.717) is 29.5 Å². The second-order valence-electron chi connectivity index (χ2n) is 7.12. The van der Waals surface area contributed by atoms with Crippen LogP contribution < -0.4 is 16.4 Å². The molecule has 8 nitrogen and oxygen atoms in total. The van der Waals surface area contributed by atoms with Crippen molar-refractivity contribution in [2.75, 3.05) is 30.3 Å². The van der Waals surface area contributed by atoms with Crippen molar-refractivity contribution in [2.45, 2.75) is 26.2 Å². The molecular formula is C20H25N5O3S. The Hall–Kier alpha value is -2.78. The molecule has 0 bridgehead atoms. The first-order chi connectivity index (χ1) is 13.9. The minimum atomic E-state index is -0.561. The number of likely N-dealkylation sites (tertiary alicyclic amines) is 1. The fraction of sp³-hybridized carbons (Fsp3) is 0.400. The third-order valence-corrected chi connectivity index (χ3v) is 5.68. The number of primary amides is 1. The predicted molar refractivity (Wildman–Crippen MR) is 113 cm³/mol. The van der Waals surface area contributed by atoms with Crippen molar-refractivity contribution < 1.29 is 14.4 Å². The standard InChI is InChI=1S/C20H25N5O3S/c1-13-4-2-6-16(22-13)23-19(28)14-5-3-9-25(12-14)10-7-17(26)24-20-15(18(21)27)8-11-29-20/h2,4,6,8,11,14H,3,5,7,9-10,12H2,1H3,(H2,21,27)(H,24,26)(H,22,23,28). The maximum atomic E-state index is 12.6. The summed E-state index contributed by atoms with van der Waals surface area (Å²) < 4.78 is 0. The van der Waals surface area contributed by atoms with E-state index in [9.17, 15) is 14.4 Å². The molecular weight excluding hydrogens is 390 g/mol. The lowest BCUT2D eigenvalue weighted by molar-refractivity contribution is -0.121. The highest BCUT2D eigenvalue weighted by atomic mass is 32.1. The van der Waals surface area contributed by atoms with Crippen LogP contribution in [0.3, 0.4) is 0 Å². The van der Waals surface area contributed by atoms with Crippen molar-refractivity contribution in [1.82, 2.24) is 9.88 Å². The van der Waals surface area contributed by atoms with Crippen molar-refractivity contribution in [3.05, 3.63) is 40.9 Å². The Morgan fingerprint density at radius 2 is 2.10 bits per heavy atom. The average molecular weight is 416 g/mol. The summed E-state index contributed by atoms with van der Waals surface area (Å²) in [6.45, 7) is 3.89. The molecule has 3 amide bonds. The highest BCUT2D eigenvalue weighted by Crippen LogP contribution is 2.23. The molecule has 0 spiro atoms. The Morgan fingerprint density at radius 3 is 2.86 bits per heavy atom. The van der Waals surface area contributed by atoms with Crippen LogP contribution in [0.5, 0.6) is 0 Å². The van der Waals surface area contributed by atoms with E-state index in [1.165, 1.54) is 11.3 Å². The minimum Gasteiger partial charge on any atom is -0.366 e. The molecule has 2 aromatic rings. The number of hydrogen-bond acceptors (Lipinski definition) is 6. The molecule has 154 valence electrons. The van der Waals surface area contributed by atoms with Gasteiger partial charge in [-0.15, -0.1) is 11.3 Å². The van der Waals surface area contributed by atoms with Gasteiger partial charge in [-0.3, -0.25) is 14.4 Å². The van der Waals surface area contributed by atoms with Crippen LogP contribution in [-0.4, -0.2) is 47.2 Å². The Kier molecular flexibility index (Phi) is 6.95. The van der Waals surface area contributed by atoms with E-state index in [1.807, 2.05) is 19.1 Å². The zero-order valence-corrected chi connectivity index (χ0v) is 17.1. The lowest BCUT2D eigenvalue weighted by Gasteiger charge is -2.31. The summed E-state index contributed by atoms with van der Waals surface area (Å²) >= 11 is 1.27. The Balaban J connectivity index is 1.48. The number of aromatic nitrogens is 1. The molecule has 0 aliphatic carbocycles. The van der Waals surface area contributed by atoms with E-state index < -0.39 is 5.91 Å². The van der Waals surface area contributed by atoms with Crippen LogP contribution in [0.1, 0.15) is 35.3 Å². The van der Waals surface area contributed by atoms with Crippen LogP contribution >= 0.6 is 11.3 Å². The van der Waals surface area contributed by atoms with Crippen molar-refractivity contribution in [2.24, 2.45) is 11.7 Å². The molecule has 1 fully saturated rings. The first kappa shape index (κ1) is 20.9. The van der Waals surface area contributed by atoms with E-state index in [2.05, 4.69) is 20.5 Å². The summed E-state index contributed by atoms with van der Waals surface area (Å²) in [5.74, 6) is -0.345. The molecule has 0 radical (unpaired) electrons. The number of nitrogens with one attached hydrogen (secondary N) is 2. The van der Waals surface area contributed by atoms with E-state index in [0.717, 1.165) is 25.1 Å². The molecule has 2 aromatic heterocycles. The predicted octanol–water partition coefficient (Wildman–Crippen LogP) is 2.23. The molecule has 4 N–H and O–H groups in total. The maximum absolute atomic E-state index is 12.6. The van der Waals surface area contributed by atoms with Gasteiger partial charge in [0.2, 0.25) is 11.8 Å². The molecule has 29 heavy (non-hydrogen) atoms. The second-order valence-corrected chi connectivity index (χ2v) is 8.04. The zero-order chi connectivity index (χ0) is 20.8. The number of aryl methyl sites for hydroxylation is 1. The smallest absolute Gasteiger partial charge is 0.251 e. The van der Waals surface area contributed by atoms with Gasteiger partial charge in [0.25, 0.3) is 5.91 Å². The minimum absolute atomic E-state index is 0.0399. The topological polar surface area (TPSA) is 117 Å². The van der Waals surface area contributed by atoms with Crippen molar-refractivity contribution in [3.8, 4) is 0 Å². The molecule has 3 heterocycles. The number of nitrogens with zero attached hydrogens (tertiary/aromatic N) is 2. The normalized spacial score (nSPS) is 16.9. The van der Waals surface area contributed by atoms with E-state index in [1.54, 1.807) is 17.5 Å². The lowest BCUT2D eigenvalue weighted by Crippen LogP contribution is -2.41. The second kappa shape index (κ2) is 9.62. The van der Waals surface area contributed by atoms with Crippen molar-refractivity contribution in [3.63, 3.8) is 0 Å². The van der Waals surface area contributed by atoms with Crippen LogP contribution in [0.2, 0.25) is 0 Å². The van der Waals surface area contributed by atoms with Gasteiger partial charge in [0.15, 0.2) is 0 Å². The first-order valence-corrected chi connectivity index (χ1v) is 10.4. The summed E-state index contributed by atoms with van der Waals surface area (Å²) in [4.78, 5) is 42.6. The summed E-state index contributed by atoms with van der Waals surface area (Å²) in [7, 11) is 0. The average Bonchev–Trinajstić information content (AvgIpc) is 3.15. The Labute approximate surface area is 173 Å². The van der Waals surface area contributed by atoms with Gasteiger partial charge >= 0.3 is 0 Å². The third kappa shape index (κ3) is 5.85. The number of anilines is 2. The van der Waals surface area contributed by atoms with Gasteiger partial charge in [-0.25, -0.2) is 4.98 Å². The molecule has 0 saturated carbocycles. The maximum Gasteiger partial charge on any atom is 0.251 e. The number of piperidine rings is 1. The Morgan fingerprint density at radius 1 is 1.28 bits per heavy atom. The highest BCUT2D eigenvalue weighted by Gasteiger charge is 2.26. The van der Waals surface area contributed by atoms with Crippen molar-refractivity contribution in [1.29, 1.82) is 0 Å². The van der Waals surface area contributed by atoms with Crippen LogP contribution in [0, 0.1) is 12.8 Å². The molecule has 9 heteroatoms. The third-order valence-electron chi connectivity index (χ3n) is 4.85. The number of rotatable bonds is 7. The van der Waals surface area contributed by atoms with Crippen LogP contribution in [0.15, 0.2) is 29.6 Å². The molecule has 0 aromatic carbocycles. The lowest BCUT2D eigenvalue weighted by atomic mass is 9.97. The van der Waals surface area contributed by atoms with Crippen LogP contribution in [0.4, 0.5) is 10.8 Å². The zero-order valence-electron chi connectivity index (χ0n) is 16.3. The Bertz CT molecular complexity index is 898. The number of hydrogen-bond donors (Lipinski definition) is 3. The summed E-state index contributed by atoms with van der Waals surface area (Å²) in [6.07, 6.45) is 2.00. The number of carbonyl (C=O) groups is 3. The van der Waals surface area contributed by atoms with Gasteiger partial charge in [0, 0.05) is 25.2 Å². The summed E-state index contributed by atoms with van der Waals surface area (Å²) in [5.41, 5.74) is 6.47. The van der Waals surface area contributed by atoms with Gasteiger partial charge in [-0.05, 0) is 49.9 Å². The molecule has 3 rings (SSSR count). The molecule has 1 aliphatic heterocycles. The number of pyridine rings is 1. The van der Waals surface area contributed by atoms with E-state index >= 15 is 0 Å². The number of carbonyl (C=O) groups excluding carboxylic acids is 3. The number of amides is 3. The fourth-order valence-electron chi connectivity index (χ4n) is 3.36. The molecule has 1 atom stereocenters. The van der Waals surface area contributed by atoms with Crippen LogP contribution in [0.25, 0.3) is 0 Å². The number of nitrogens with two attached hydrogens (primary N) is 1. The van der Waals surface area contributed by atoms with Crippen LogP contribution in [-0.2, 0) is 9.59 Å². The molecule has 1 unspecified atom stereocenters. The van der Waals surface area contributed by atoms with Gasteiger partial charge in [-0.1, -0.05) is 6.07 Å². The largest absolute Gasteiger partial charge is 0.366 e. The summed E-state index contributed by atoms with van der Waals surface area (Å²) in [5, 5.41) is 7.82. The highest BCUT2D eigenvalue weighted by molar-refractivity contribution is 7.14. The van der Waals surface area contributed by atoms with E-state index in [4.69, 9.17) is 5.73 Å². The van der Waals surface area contributed by atoms with Crippen molar-refractivity contribution >= 4 is 39.9 Å². The molecule has 1 saturated heterocycles. The van der Waals surface area contributed by atoms with Gasteiger partial charge in [0.1, 0.15) is 10.8 Å². The first-order valence-electron chi connectivity index (χ1n) is 9.56. The summed E-state index contributed by atoms with van der Waals surface area (Å²) in [6, 6.07) is 7.12. The van der Waals surface area contributed by atoms with E-state index in [-0.39, 0.29) is 24.2 Å².